The Bertz CT molecular complexity index is 3650. The molecular weight excluding hydrogens is 754 g/mol. The number of aromatic hydroxyl groups is 15. The first-order valence-electron chi connectivity index (χ1n) is 16.4. The van der Waals surface area contributed by atoms with Crippen molar-refractivity contribution in [3.63, 3.8) is 0 Å². The van der Waals surface area contributed by atoms with Gasteiger partial charge in [0.15, 0.2) is 46.0 Å². The summed E-state index contributed by atoms with van der Waals surface area (Å²) >= 11 is 0.664. The van der Waals surface area contributed by atoms with Gasteiger partial charge in [-0.3, -0.25) is 0 Å². The maximum atomic E-state index is 12.4. The van der Waals surface area contributed by atoms with E-state index in [1.807, 2.05) is 0 Å². The minimum Gasteiger partial charge on any atom is -0.507 e. The van der Waals surface area contributed by atoms with Crippen molar-refractivity contribution >= 4 is 115 Å². The van der Waals surface area contributed by atoms with Crippen LogP contribution in [-0.2, 0) is 0 Å². The summed E-state index contributed by atoms with van der Waals surface area (Å²) in [5, 5.41) is 168. The molecule has 56 heavy (non-hydrogen) atoms. The van der Waals surface area contributed by atoms with Crippen LogP contribution in [0.1, 0.15) is 0 Å². The van der Waals surface area contributed by atoms with Crippen LogP contribution in [-0.4, -0.2) is 101 Å². The van der Waals surface area contributed by atoms with Crippen LogP contribution in [0.5, 0.6) is 86.2 Å². The molecule has 0 unspecified atom stereocenters. The molecule has 4 aromatic heterocycles. The second-order valence-corrected chi connectivity index (χ2v) is 15.0. The lowest BCUT2D eigenvalue weighted by Gasteiger charge is -2.22. The molecule has 0 radical (unpaired) electrons. The van der Waals surface area contributed by atoms with E-state index in [1.165, 1.54) is 20.1 Å². The van der Waals surface area contributed by atoms with Crippen LogP contribution >= 0.6 is 11.8 Å². The Morgan fingerprint density at radius 3 is 1.38 bits per heavy atom. The molecule has 15 N–H and O–H groups in total. The molecule has 0 fully saturated rings. The summed E-state index contributed by atoms with van der Waals surface area (Å²) in [6.45, 7) is 0. The molecular formula is C36H20B2N2O15S. The van der Waals surface area contributed by atoms with Crippen molar-refractivity contribution in [2.24, 2.45) is 0 Å². The number of benzene rings is 6. The number of phenolic OH excluding ortho intramolecular Hbond substituents is 15. The Hall–Kier alpha value is -7.60. The Balaban J connectivity index is 1.44. The predicted octanol–water partition coefficient (Wildman–Crippen LogP) is 2.22. The van der Waals surface area contributed by atoms with Crippen LogP contribution in [0.2, 0.25) is 0 Å². The maximum absolute atomic E-state index is 12.4. The normalized spacial score (nSPS) is 13.1. The highest BCUT2D eigenvalue weighted by atomic mass is 32.2. The van der Waals surface area contributed by atoms with E-state index < -0.39 is 91.8 Å². The summed E-state index contributed by atoms with van der Waals surface area (Å²) in [5.74, 6) is -12.8. The summed E-state index contributed by atoms with van der Waals surface area (Å²) in [6, 6.07) is 0.796. The molecule has 17 nitrogen and oxygen atoms in total. The van der Waals surface area contributed by atoms with E-state index in [-0.39, 0.29) is 102 Å². The number of nitrogens with zero attached hydrogens (tertiary/aromatic N) is 2. The highest BCUT2D eigenvalue weighted by Gasteiger charge is 2.41. The van der Waals surface area contributed by atoms with E-state index in [9.17, 15) is 76.6 Å². The zero-order valence-electron chi connectivity index (χ0n) is 28.1. The number of hydrogen-bond donors (Lipinski definition) is 15. The predicted molar refractivity (Wildman–Crippen MR) is 207 cm³/mol. The minimum atomic E-state index is -1.08. The van der Waals surface area contributed by atoms with E-state index in [2.05, 4.69) is 0 Å². The molecule has 0 spiro atoms. The number of hydrogen-bond acceptors (Lipinski definition) is 16. The molecule has 0 bridgehead atoms. The average Bonchev–Trinajstić information content (AvgIpc) is 3.90. The van der Waals surface area contributed by atoms with E-state index in [0.717, 1.165) is 10.5 Å². The molecule has 1 aliphatic rings. The lowest BCUT2D eigenvalue weighted by molar-refractivity contribution is 0.365. The van der Waals surface area contributed by atoms with E-state index in [1.54, 1.807) is 0 Å². The SMILES string of the molecule is Bc1c(O)c(O)c(O)c2c1c1c(B)c(-c3c(O)c4c5c(c3O)c3c(O)c(O)c(O)c6c7c(O)c(O)c(O)c(c7n5c63)S4)c(O)c3c4c(O)cc(O)c(O)c4n2c13. The summed E-state index contributed by atoms with van der Waals surface area (Å²) in [4.78, 5) is -0.300. The number of aromatic nitrogens is 2. The minimum absolute atomic E-state index is 0.000486. The summed E-state index contributed by atoms with van der Waals surface area (Å²) in [6.07, 6.45) is 0. The van der Waals surface area contributed by atoms with Crippen LogP contribution in [0.3, 0.4) is 0 Å². The van der Waals surface area contributed by atoms with Crippen molar-refractivity contribution in [2.45, 2.75) is 9.79 Å². The molecule has 20 heteroatoms. The summed E-state index contributed by atoms with van der Waals surface area (Å²) in [5.41, 5.74) is -1.56. The van der Waals surface area contributed by atoms with Crippen LogP contribution < -0.4 is 10.9 Å². The fourth-order valence-corrected chi connectivity index (χ4v) is 10.4. The van der Waals surface area contributed by atoms with Crippen molar-refractivity contribution < 1.29 is 76.6 Å². The third-order valence-corrected chi connectivity index (χ3v) is 12.7. The van der Waals surface area contributed by atoms with Gasteiger partial charge in [0.2, 0.25) is 17.2 Å². The first-order chi connectivity index (χ1) is 26.4. The van der Waals surface area contributed by atoms with E-state index in [4.69, 9.17) is 0 Å². The van der Waals surface area contributed by atoms with Crippen LogP contribution in [0, 0.1) is 0 Å². The Morgan fingerprint density at radius 1 is 0.321 bits per heavy atom. The lowest BCUT2D eigenvalue weighted by atomic mass is 9.78. The maximum Gasteiger partial charge on any atom is 0.202 e. The Morgan fingerprint density at radius 2 is 0.750 bits per heavy atom. The smallest absolute Gasteiger partial charge is 0.202 e. The number of rotatable bonds is 1. The van der Waals surface area contributed by atoms with Crippen LogP contribution in [0.25, 0.3) is 87.3 Å². The largest absolute Gasteiger partial charge is 0.507 e. The van der Waals surface area contributed by atoms with Gasteiger partial charge in [0.05, 0.1) is 75.3 Å². The number of fused-ring (bicyclic) bond motifs is 8. The fourth-order valence-electron chi connectivity index (χ4n) is 9.21. The van der Waals surface area contributed by atoms with Crippen molar-refractivity contribution in [3.05, 3.63) is 6.07 Å². The first-order valence-corrected chi connectivity index (χ1v) is 17.2. The van der Waals surface area contributed by atoms with Gasteiger partial charge in [-0.15, -0.1) is 0 Å². The molecule has 1 aliphatic heterocycles. The van der Waals surface area contributed by atoms with Gasteiger partial charge in [0.25, 0.3) is 0 Å². The van der Waals surface area contributed by atoms with Crippen molar-refractivity contribution in [1.29, 1.82) is 0 Å². The number of phenols is 15. The van der Waals surface area contributed by atoms with Gasteiger partial charge in [0, 0.05) is 22.4 Å². The monoisotopic (exact) mass is 774 g/mol. The van der Waals surface area contributed by atoms with Gasteiger partial charge in [-0.2, -0.15) is 0 Å². The standard InChI is InChI=1S/C36H20B2N2O15S/c37-14-5-6-15(38)29(50)33(54)30(51)19(6)39-16(5)8(4-2(41)1-3(42)22(43)18(4)39)23(44)7(14)13-24(45)11-9-17-10(26(47)31(52)25(9)46)12-21-36(34(55)32(53)27(12)48)56-35(28(13)49)20(11)40(17)21/h1,41-55H,37-38H2. The second-order valence-electron chi connectivity index (χ2n) is 14.0. The first kappa shape index (κ1) is 31.9. The van der Waals surface area contributed by atoms with Gasteiger partial charge in [-0.25, -0.2) is 0 Å². The second kappa shape index (κ2) is 9.19. The third-order valence-electron chi connectivity index (χ3n) is 11.5. The quantitative estimate of drug-likeness (QED) is 0.0646. The highest BCUT2D eigenvalue weighted by molar-refractivity contribution is 8.00. The Kier molecular flexibility index (Phi) is 5.23. The molecule has 0 amide bonds. The molecule has 6 aromatic carbocycles. The molecule has 5 heterocycles. The van der Waals surface area contributed by atoms with Gasteiger partial charge in [-0.1, -0.05) is 17.2 Å². The third kappa shape index (κ3) is 2.94. The Labute approximate surface area is 312 Å². The van der Waals surface area contributed by atoms with Crippen molar-refractivity contribution in [1.82, 2.24) is 8.80 Å². The lowest BCUT2D eigenvalue weighted by Crippen LogP contribution is -2.12. The van der Waals surface area contributed by atoms with Gasteiger partial charge in [0.1, 0.15) is 44.2 Å². The van der Waals surface area contributed by atoms with Gasteiger partial charge < -0.3 is 85.4 Å². The van der Waals surface area contributed by atoms with Gasteiger partial charge >= 0.3 is 0 Å². The zero-order chi connectivity index (χ0) is 39.8. The van der Waals surface area contributed by atoms with Crippen molar-refractivity contribution in [3.8, 4) is 97.4 Å². The van der Waals surface area contributed by atoms with E-state index >= 15 is 0 Å². The molecule has 0 saturated carbocycles. The molecule has 276 valence electrons. The zero-order valence-corrected chi connectivity index (χ0v) is 28.9. The molecule has 10 aromatic rings. The molecule has 11 rings (SSSR count). The average molecular weight is 774 g/mol. The van der Waals surface area contributed by atoms with Gasteiger partial charge in [-0.05, 0) is 5.46 Å². The highest BCUT2D eigenvalue weighted by Crippen LogP contribution is 2.66. The summed E-state index contributed by atoms with van der Waals surface area (Å²) in [7, 11) is 2.84. The molecule has 0 atom stereocenters. The summed E-state index contributed by atoms with van der Waals surface area (Å²) < 4.78 is 2.48. The van der Waals surface area contributed by atoms with E-state index in [0.29, 0.717) is 11.8 Å². The van der Waals surface area contributed by atoms with Crippen LogP contribution in [0.4, 0.5) is 0 Å². The molecule has 0 aliphatic carbocycles. The molecule has 0 saturated heterocycles. The fraction of sp³-hybridized carbons (Fsp3) is 0. The van der Waals surface area contributed by atoms with Crippen molar-refractivity contribution in [2.75, 3.05) is 0 Å². The van der Waals surface area contributed by atoms with Crippen LogP contribution in [0.15, 0.2) is 15.9 Å². The topological polar surface area (TPSA) is 312 Å².